The number of halogens is 2. The Morgan fingerprint density at radius 1 is 1.10 bits per heavy atom. The van der Waals surface area contributed by atoms with Crippen LogP contribution in [0.3, 0.4) is 0 Å². The minimum absolute atomic E-state index is 0.000779. The van der Waals surface area contributed by atoms with E-state index in [1.165, 1.54) is 18.2 Å². The normalized spacial score (nSPS) is 11.2. The molecule has 0 spiro atoms. The highest BCUT2D eigenvalue weighted by molar-refractivity contribution is 7.90. The molecule has 21 heavy (non-hydrogen) atoms. The Hall–Kier alpha value is -2.28. The third-order valence-corrected chi connectivity index (χ3v) is 3.81. The fourth-order valence-corrected chi connectivity index (χ4v) is 2.30. The van der Waals surface area contributed by atoms with Crippen LogP contribution < -0.4 is 5.32 Å². The fourth-order valence-electron chi connectivity index (χ4n) is 1.66. The average Bonchev–Trinajstić information content (AvgIpc) is 2.40. The summed E-state index contributed by atoms with van der Waals surface area (Å²) in [5.74, 6) is -2.13. The van der Waals surface area contributed by atoms with Crippen LogP contribution in [0.4, 0.5) is 14.5 Å². The van der Waals surface area contributed by atoms with Gasteiger partial charge in [0.2, 0.25) is 0 Å². The van der Waals surface area contributed by atoms with Crippen LogP contribution in [0.1, 0.15) is 10.4 Å². The van der Waals surface area contributed by atoms with E-state index in [0.717, 1.165) is 30.5 Å². The molecule has 0 atom stereocenters. The average molecular weight is 311 g/mol. The van der Waals surface area contributed by atoms with E-state index in [1.54, 1.807) is 0 Å². The molecule has 0 fully saturated rings. The van der Waals surface area contributed by atoms with E-state index in [1.807, 2.05) is 0 Å². The zero-order valence-corrected chi connectivity index (χ0v) is 11.7. The largest absolute Gasteiger partial charge is 0.319 e. The zero-order chi connectivity index (χ0) is 15.6. The van der Waals surface area contributed by atoms with Crippen molar-refractivity contribution in [3.63, 3.8) is 0 Å². The van der Waals surface area contributed by atoms with Crippen LogP contribution in [0.2, 0.25) is 0 Å². The van der Waals surface area contributed by atoms with Crippen molar-refractivity contribution in [1.82, 2.24) is 0 Å². The number of anilines is 1. The lowest BCUT2D eigenvalue weighted by Crippen LogP contribution is -2.13. The van der Waals surface area contributed by atoms with E-state index in [4.69, 9.17) is 0 Å². The van der Waals surface area contributed by atoms with Gasteiger partial charge < -0.3 is 5.32 Å². The molecule has 2 aromatic rings. The summed E-state index contributed by atoms with van der Waals surface area (Å²) >= 11 is 0. The predicted octanol–water partition coefficient (Wildman–Crippen LogP) is 2.62. The molecule has 110 valence electrons. The molecule has 0 unspecified atom stereocenters. The van der Waals surface area contributed by atoms with Gasteiger partial charge in [-0.1, -0.05) is 6.07 Å². The second-order valence-corrected chi connectivity index (χ2v) is 6.39. The van der Waals surface area contributed by atoms with Gasteiger partial charge in [-0.2, -0.15) is 0 Å². The zero-order valence-electron chi connectivity index (χ0n) is 10.9. The third-order valence-electron chi connectivity index (χ3n) is 2.70. The molecule has 2 aromatic carbocycles. The summed E-state index contributed by atoms with van der Waals surface area (Å²) in [6, 6.07) is 7.92. The van der Waals surface area contributed by atoms with Gasteiger partial charge in [0.25, 0.3) is 5.91 Å². The summed E-state index contributed by atoms with van der Waals surface area (Å²) in [5, 5.41) is 2.22. The first-order valence-corrected chi connectivity index (χ1v) is 7.73. The first kappa shape index (κ1) is 15.1. The summed E-state index contributed by atoms with van der Waals surface area (Å²) in [7, 11) is -3.53. The minimum Gasteiger partial charge on any atom is -0.319 e. The van der Waals surface area contributed by atoms with E-state index in [-0.39, 0.29) is 16.1 Å². The maximum atomic E-state index is 13.6. The van der Waals surface area contributed by atoms with E-state index in [0.29, 0.717) is 0 Å². The fraction of sp³-hybridized carbons (Fsp3) is 0.0714. The summed E-state index contributed by atoms with van der Waals surface area (Å²) < 4.78 is 49.5. The van der Waals surface area contributed by atoms with E-state index in [2.05, 4.69) is 5.32 Å². The molecule has 0 saturated carbocycles. The first-order chi connectivity index (χ1) is 9.77. The van der Waals surface area contributed by atoms with Crippen LogP contribution >= 0.6 is 0 Å². The van der Waals surface area contributed by atoms with E-state index in [9.17, 15) is 22.0 Å². The van der Waals surface area contributed by atoms with Gasteiger partial charge in [0.05, 0.1) is 10.6 Å². The van der Waals surface area contributed by atoms with Crippen LogP contribution in [0.5, 0.6) is 0 Å². The molecule has 0 aliphatic carbocycles. The highest BCUT2D eigenvalue weighted by Crippen LogP contribution is 2.20. The Kier molecular flexibility index (Phi) is 4.04. The second kappa shape index (κ2) is 5.61. The number of rotatable bonds is 3. The molecule has 4 nitrogen and oxygen atoms in total. The molecular weight excluding hydrogens is 300 g/mol. The van der Waals surface area contributed by atoms with Crippen molar-refractivity contribution in [1.29, 1.82) is 0 Å². The van der Waals surface area contributed by atoms with Gasteiger partial charge >= 0.3 is 0 Å². The molecule has 0 aliphatic heterocycles. The molecule has 0 radical (unpaired) electrons. The van der Waals surface area contributed by atoms with Gasteiger partial charge in [0, 0.05) is 11.8 Å². The lowest BCUT2D eigenvalue weighted by molar-refractivity contribution is 0.102. The van der Waals surface area contributed by atoms with Crippen molar-refractivity contribution >= 4 is 21.4 Å². The number of sulfone groups is 1. The van der Waals surface area contributed by atoms with Crippen LogP contribution in [0.25, 0.3) is 0 Å². The van der Waals surface area contributed by atoms with Gasteiger partial charge in [0.1, 0.15) is 11.6 Å². The van der Waals surface area contributed by atoms with Gasteiger partial charge in [-0.15, -0.1) is 0 Å². The monoisotopic (exact) mass is 311 g/mol. The van der Waals surface area contributed by atoms with Crippen molar-refractivity contribution in [2.24, 2.45) is 0 Å². The molecule has 0 bridgehead atoms. The number of hydrogen-bond acceptors (Lipinski definition) is 3. The summed E-state index contributed by atoms with van der Waals surface area (Å²) in [6.45, 7) is 0. The van der Waals surface area contributed by atoms with Crippen molar-refractivity contribution in [3.05, 3.63) is 59.7 Å². The summed E-state index contributed by atoms with van der Waals surface area (Å²) in [5.41, 5.74) is -0.286. The third kappa shape index (κ3) is 3.63. The van der Waals surface area contributed by atoms with Crippen LogP contribution in [-0.4, -0.2) is 20.6 Å². The molecule has 2 rings (SSSR count). The Labute approximate surface area is 120 Å². The van der Waals surface area contributed by atoms with Gasteiger partial charge in [-0.3, -0.25) is 4.79 Å². The van der Waals surface area contributed by atoms with Crippen molar-refractivity contribution in [3.8, 4) is 0 Å². The quantitative estimate of drug-likeness (QED) is 0.886. The predicted molar refractivity (Wildman–Crippen MR) is 73.9 cm³/mol. The molecule has 0 aromatic heterocycles. The van der Waals surface area contributed by atoms with Crippen molar-refractivity contribution in [2.45, 2.75) is 4.90 Å². The Balaban J connectivity index is 2.33. The number of carbonyl (C=O) groups excluding carboxylic acids is 1. The Morgan fingerprint density at radius 3 is 2.43 bits per heavy atom. The van der Waals surface area contributed by atoms with E-state index >= 15 is 0 Å². The van der Waals surface area contributed by atoms with Crippen molar-refractivity contribution in [2.75, 3.05) is 11.6 Å². The van der Waals surface area contributed by atoms with Crippen LogP contribution in [0, 0.1) is 11.6 Å². The maximum absolute atomic E-state index is 13.6. The summed E-state index contributed by atoms with van der Waals surface area (Å²) in [6.07, 6.45) is 0.971. The molecule has 0 heterocycles. The molecular formula is C14H11F2NO3S. The van der Waals surface area contributed by atoms with Gasteiger partial charge in [-0.05, 0) is 36.4 Å². The van der Waals surface area contributed by atoms with Crippen molar-refractivity contribution < 1.29 is 22.0 Å². The lowest BCUT2D eigenvalue weighted by Gasteiger charge is -2.08. The number of hydrogen-bond donors (Lipinski definition) is 1. The minimum atomic E-state index is -3.53. The number of amides is 1. The highest BCUT2D eigenvalue weighted by atomic mass is 32.2. The number of nitrogens with one attached hydrogen (secondary N) is 1. The summed E-state index contributed by atoms with van der Waals surface area (Å²) in [4.78, 5) is 11.8. The number of carbonyl (C=O) groups is 1. The SMILES string of the molecule is CS(=O)(=O)c1ccc(F)c(NC(=O)c2cccc(F)c2)c1. The Morgan fingerprint density at radius 2 is 1.81 bits per heavy atom. The topological polar surface area (TPSA) is 63.2 Å². The molecule has 7 heteroatoms. The molecule has 0 aliphatic rings. The van der Waals surface area contributed by atoms with E-state index < -0.39 is 27.4 Å². The van der Waals surface area contributed by atoms with Crippen LogP contribution in [0.15, 0.2) is 47.4 Å². The van der Waals surface area contributed by atoms with Gasteiger partial charge in [-0.25, -0.2) is 17.2 Å². The standard InChI is InChI=1S/C14H11F2NO3S/c1-21(19,20)11-5-6-12(16)13(8-11)17-14(18)9-3-2-4-10(15)7-9/h2-8H,1H3,(H,17,18). The maximum Gasteiger partial charge on any atom is 0.255 e. The molecule has 1 amide bonds. The molecule has 0 saturated heterocycles. The molecule has 1 N–H and O–H groups in total. The van der Waals surface area contributed by atoms with Crippen LogP contribution in [-0.2, 0) is 9.84 Å². The van der Waals surface area contributed by atoms with Gasteiger partial charge in [0.15, 0.2) is 9.84 Å². The number of benzene rings is 2. The first-order valence-electron chi connectivity index (χ1n) is 5.84. The second-order valence-electron chi connectivity index (χ2n) is 4.38. The Bertz CT molecular complexity index is 804. The smallest absolute Gasteiger partial charge is 0.255 e. The lowest BCUT2D eigenvalue weighted by atomic mass is 10.2. The highest BCUT2D eigenvalue weighted by Gasteiger charge is 2.14.